The molecule has 0 aromatic heterocycles. The summed E-state index contributed by atoms with van der Waals surface area (Å²) >= 11 is 6.14. The maximum atomic E-state index is 10.5. The lowest BCUT2D eigenvalue weighted by Crippen LogP contribution is -2.12. The van der Waals surface area contributed by atoms with Crippen LogP contribution in [0.25, 0.3) is 0 Å². The highest BCUT2D eigenvalue weighted by molar-refractivity contribution is 6.33. The highest BCUT2D eigenvalue weighted by Gasteiger charge is 2.18. The van der Waals surface area contributed by atoms with Crippen molar-refractivity contribution in [2.75, 3.05) is 14.2 Å². The molecule has 0 saturated carbocycles. The molecule has 1 aromatic carbocycles. The summed E-state index contributed by atoms with van der Waals surface area (Å²) in [6.45, 7) is 0. The Balaban J connectivity index is 2.87. The maximum Gasteiger partial charge on any atom is 0.303 e. The number of hydrogen-bond acceptors (Lipinski definition) is 4. The van der Waals surface area contributed by atoms with Gasteiger partial charge in [-0.25, -0.2) is 0 Å². The molecule has 0 saturated heterocycles. The van der Waals surface area contributed by atoms with E-state index in [-0.39, 0.29) is 12.5 Å². The Bertz CT molecular complexity index is 451. The number of ether oxygens (including phenoxy) is 2. The minimum absolute atomic E-state index is 0.0971. The molecule has 0 bridgehead atoms. The topological polar surface area (TPSA) is 81.8 Å². The molecule has 6 heteroatoms. The van der Waals surface area contributed by atoms with Crippen molar-refractivity contribution in [2.24, 2.45) is 5.73 Å². The minimum atomic E-state index is -0.827. The van der Waals surface area contributed by atoms with E-state index in [2.05, 4.69) is 0 Å². The van der Waals surface area contributed by atoms with Gasteiger partial charge in [-0.2, -0.15) is 0 Å². The Morgan fingerprint density at radius 3 is 2.63 bits per heavy atom. The standard InChI is InChI=1S/C13H18ClNO4/c1-18-10-7-6-8(13(19-2)12(10)14)9(15)4-3-5-11(16)17/h6-7,9H,3-5,15H2,1-2H3,(H,16,17). The summed E-state index contributed by atoms with van der Waals surface area (Å²) in [6.07, 6.45) is 1.15. The minimum Gasteiger partial charge on any atom is -0.495 e. The SMILES string of the molecule is COc1ccc(C(N)CCCC(=O)O)c(OC)c1Cl. The molecule has 1 atom stereocenters. The molecule has 106 valence electrons. The summed E-state index contributed by atoms with van der Waals surface area (Å²) in [5.41, 5.74) is 6.79. The highest BCUT2D eigenvalue weighted by Crippen LogP contribution is 2.39. The van der Waals surface area contributed by atoms with E-state index < -0.39 is 5.97 Å². The van der Waals surface area contributed by atoms with Crippen molar-refractivity contribution in [1.29, 1.82) is 0 Å². The van der Waals surface area contributed by atoms with E-state index in [0.29, 0.717) is 29.4 Å². The average Bonchev–Trinajstić information content (AvgIpc) is 2.37. The van der Waals surface area contributed by atoms with Crippen molar-refractivity contribution in [3.8, 4) is 11.5 Å². The van der Waals surface area contributed by atoms with Crippen molar-refractivity contribution >= 4 is 17.6 Å². The number of carboxylic acids is 1. The third kappa shape index (κ3) is 4.01. The van der Waals surface area contributed by atoms with E-state index in [9.17, 15) is 4.79 Å². The highest BCUT2D eigenvalue weighted by atomic mass is 35.5. The zero-order valence-electron chi connectivity index (χ0n) is 11.0. The van der Waals surface area contributed by atoms with E-state index >= 15 is 0 Å². The van der Waals surface area contributed by atoms with Crippen molar-refractivity contribution in [1.82, 2.24) is 0 Å². The number of benzene rings is 1. The summed E-state index contributed by atoms with van der Waals surface area (Å²) in [6, 6.07) is 3.18. The van der Waals surface area contributed by atoms with Gasteiger partial charge in [-0.1, -0.05) is 11.6 Å². The zero-order chi connectivity index (χ0) is 14.4. The van der Waals surface area contributed by atoms with E-state index in [1.807, 2.05) is 0 Å². The molecule has 1 unspecified atom stereocenters. The van der Waals surface area contributed by atoms with E-state index in [0.717, 1.165) is 5.56 Å². The smallest absolute Gasteiger partial charge is 0.303 e. The quantitative estimate of drug-likeness (QED) is 0.805. The summed E-state index contributed by atoms with van der Waals surface area (Å²) in [7, 11) is 3.03. The van der Waals surface area contributed by atoms with Crippen LogP contribution in [0.4, 0.5) is 0 Å². The third-order valence-electron chi connectivity index (χ3n) is 2.82. The van der Waals surface area contributed by atoms with Gasteiger partial charge < -0.3 is 20.3 Å². The zero-order valence-corrected chi connectivity index (χ0v) is 11.7. The summed E-state index contributed by atoms with van der Waals surface area (Å²) in [4.78, 5) is 10.5. The molecule has 0 spiro atoms. The van der Waals surface area contributed by atoms with Gasteiger partial charge in [-0.05, 0) is 25.0 Å². The van der Waals surface area contributed by atoms with Crippen molar-refractivity contribution in [3.05, 3.63) is 22.7 Å². The van der Waals surface area contributed by atoms with Gasteiger partial charge in [0.2, 0.25) is 0 Å². The van der Waals surface area contributed by atoms with Crippen molar-refractivity contribution < 1.29 is 19.4 Å². The van der Waals surface area contributed by atoms with E-state index in [1.165, 1.54) is 14.2 Å². The Morgan fingerprint density at radius 1 is 1.42 bits per heavy atom. The Kier molecular flexibility index (Phi) is 5.92. The van der Waals surface area contributed by atoms with Crippen LogP contribution in [0.5, 0.6) is 11.5 Å². The number of halogens is 1. The molecule has 0 heterocycles. The Morgan fingerprint density at radius 2 is 2.11 bits per heavy atom. The van der Waals surface area contributed by atoms with Gasteiger partial charge >= 0.3 is 5.97 Å². The predicted octanol–water partition coefficient (Wildman–Crippen LogP) is 2.61. The normalized spacial score (nSPS) is 12.0. The lowest BCUT2D eigenvalue weighted by Gasteiger charge is -2.18. The van der Waals surface area contributed by atoms with Gasteiger partial charge in [-0.3, -0.25) is 4.79 Å². The fourth-order valence-corrected chi connectivity index (χ4v) is 2.17. The molecule has 0 aliphatic rings. The fraction of sp³-hybridized carbons (Fsp3) is 0.462. The number of rotatable bonds is 7. The maximum absolute atomic E-state index is 10.5. The van der Waals surface area contributed by atoms with Gasteiger partial charge in [0, 0.05) is 18.0 Å². The molecule has 0 aliphatic carbocycles. The lowest BCUT2D eigenvalue weighted by molar-refractivity contribution is -0.137. The number of carbonyl (C=O) groups is 1. The van der Waals surface area contributed by atoms with Crippen LogP contribution in [0.2, 0.25) is 5.02 Å². The number of carboxylic acid groups (broad SMARTS) is 1. The van der Waals surface area contributed by atoms with Crippen LogP contribution in [0.15, 0.2) is 12.1 Å². The van der Waals surface area contributed by atoms with Gasteiger partial charge in [0.05, 0.1) is 14.2 Å². The van der Waals surface area contributed by atoms with E-state index in [1.54, 1.807) is 12.1 Å². The number of nitrogens with two attached hydrogens (primary N) is 1. The average molecular weight is 288 g/mol. The molecule has 0 radical (unpaired) electrons. The number of methoxy groups -OCH3 is 2. The summed E-state index contributed by atoms with van der Waals surface area (Å²) in [5, 5.41) is 8.98. The first-order valence-electron chi connectivity index (χ1n) is 5.89. The van der Waals surface area contributed by atoms with Crippen molar-refractivity contribution in [2.45, 2.75) is 25.3 Å². The van der Waals surface area contributed by atoms with E-state index in [4.69, 9.17) is 31.9 Å². The van der Waals surface area contributed by atoms with Crippen molar-refractivity contribution in [3.63, 3.8) is 0 Å². The second-order valence-corrected chi connectivity index (χ2v) is 4.47. The first-order valence-corrected chi connectivity index (χ1v) is 6.26. The summed E-state index contributed by atoms with van der Waals surface area (Å²) < 4.78 is 10.4. The molecular weight excluding hydrogens is 270 g/mol. The molecule has 5 nitrogen and oxygen atoms in total. The molecule has 0 amide bonds. The van der Waals surface area contributed by atoms with Gasteiger partial charge in [-0.15, -0.1) is 0 Å². The molecule has 3 N–H and O–H groups in total. The van der Waals surface area contributed by atoms with Gasteiger partial charge in [0.1, 0.15) is 16.5 Å². The Labute approximate surface area is 117 Å². The first-order chi connectivity index (χ1) is 9.01. The second kappa shape index (κ2) is 7.21. The third-order valence-corrected chi connectivity index (χ3v) is 3.18. The fourth-order valence-electron chi connectivity index (χ4n) is 1.84. The van der Waals surface area contributed by atoms with Crippen LogP contribution in [-0.2, 0) is 4.79 Å². The molecule has 0 fully saturated rings. The molecule has 19 heavy (non-hydrogen) atoms. The van der Waals surface area contributed by atoms with Crippen LogP contribution in [-0.4, -0.2) is 25.3 Å². The van der Waals surface area contributed by atoms with Gasteiger partial charge in [0.25, 0.3) is 0 Å². The second-order valence-electron chi connectivity index (χ2n) is 4.10. The first kappa shape index (κ1) is 15.6. The monoisotopic (exact) mass is 287 g/mol. The van der Waals surface area contributed by atoms with Crippen LogP contribution in [0.3, 0.4) is 0 Å². The van der Waals surface area contributed by atoms with Crippen LogP contribution >= 0.6 is 11.6 Å². The Hall–Kier alpha value is -1.46. The molecule has 1 rings (SSSR count). The summed E-state index contributed by atoms with van der Waals surface area (Å²) in [5.74, 6) is 0.163. The largest absolute Gasteiger partial charge is 0.495 e. The molecule has 0 aliphatic heterocycles. The molecule has 1 aromatic rings. The van der Waals surface area contributed by atoms with Crippen LogP contribution in [0.1, 0.15) is 30.9 Å². The number of hydrogen-bond donors (Lipinski definition) is 2. The van der Waals surface area contributed by atoms with Crippen LogP contribution in [0, 0.1) is 0 Å². The van der Waals surface area contributed by atoms with Gasteiger partial charge in [0.15, 0.2) is 0 Å². The van der Waals surface area contributed by atoms with Crippen LogP contribution < -0.4 is 15.2 Å². The lowest BCUT2D eigenvalue weighted by atomic mass is 10.0. The predicted molar refractivity (Wildman–Crippen MR) is 73.0 cm³/mol. The molecular formula is C13H18ClNO4. The number of aliphatic carboxylic acids is 1.